The quantitative estimate of drug-likeness (QED) is 0.724. The minimum absolute atomic E-state index is 0.503. The molecule has 0 N–H and O–H groups in total. The topological polar surface area (TPSA) is 55.1 Å². The molecule has 3 aromatic rings. The number of hydrogen-bond donors (Lipinski definition) is 0. The molecule has 1 aromatic carbocycles. The number of nitrogens with zero attached hydrogens (tertiary/aromatic N) is 4. The summed E-state index contributed by atoms with van der Waals surface area (Å²) in [6.45, 7) is 2.18. The first-order chi connectivity index (χ1) is 11.9. The van der Waals surface area contributed by atoms with E-state index >= 15 is 0 Å². The monoisotopic (exact) mass is 320 g/mol. The summed E-state index contributed by atoms with van der Waals surface area (Å²) in [5, 5.41) is 4.06. The molecule has 0 spiro atoms. The van der Waals surface area contributed by atoms with Crippen molar-refractivity contribution in [3.63, 3.8) is 0 Å². The summed E-state index contributed by atoms with van der Waals surface area (Å²) < 4.78 is 5.40. The van der Waals surface area contributed by atoms with Gasteiger partial charge in [-0.05, 0) is 25.0 Å². The van der Waals surface area contributed by atoms with Crippen LogP contribution >= 0.6 is 0 Å². The summed E-state index contributed by atoms with van der Waals surface area (Å²) in [6.07, 6.45) is 6.95. The van der Waals surface area contributed by atoms with Crippen LogP contribution < -0.4 is 4.90 Å². The van der Waals surface area contributed by atoms with Crippen LogP contribution in [0.5, 0.6) is 0 Å². The van der Waals surface area contributed by atoms with Crippen LogP contribution in [-0.4, -0.2) is 28.2 Å². The van der Waals surface area contributed by atoms with Gasteiger partial charge in [-0.1, -0.05) is 48.3 Å². The van der Waals surface area contributed by atoms with Gasteiger partial charge in [0.1, 0.15) is 5.82 Å². The molecule has 5 heteroatoms. The van der Waals surface area contributed by atoms with Crippen LogP contribution in [0.25, 0.3) is 22.8 Å². The van der Waals surface area contributed by atoms with Crippen molar-refractivity contribution in [3.05, 3.63) is 48.7 Å². The van der Waals surface area contributed by atoms with Gasteiger partial charge in [0.2, 0.25) is 5.82 Å². The fourth-order valence-electron chi connectivity index (χ4n) is 3.04. The van der Waals surface area contributed by atoms with E-state index < -0.39 is 0 Å². The highest BCUT2D eigenvalue weighted by Crippen LogP contribution is 2.24. The summed E-state index contributed by atoms with van der Waals surface area (Å²) in [5.74, 6) is 2.13. The lowest BCUT2D eigenvalue weighted by Gasteiger charge is -2.21. The Hall–Kier alpha value is -2.69. The molecule has 0 radical (unpaired) electrons. The molecule has 24 heavy (non-hydrogen) atoms. The standard InChI is InChI=1S/C19H20N4O/c1-2-7-13-23(12-6-1)17-11-10-16(14-20-17)19-21-18(22-24-19)15-8-4-3-5-9-15/h3-5,8-11,14H,1-2,6-7,12-13H2. The largest absolute Gasteiger partial charge is 0.357 e. The van der Waals surface area contributed by atoms with E-state index in [1.165, 1.54) is 25.7 Å². The van der Waals surface area contributed by atoms with Gasteiger partial charge in [-0.2, -0.15) is 4.98 Å². The molecular formula is C19H20N4O. The van der Waals surface area contributed by atoms with Crippen molar-refractivity contribution in [2.45, 2.75) is 25.7 Å². The summed E-state index contributed by atoms with van der Waals surface area (Å²) >= 11 is 0. The van der Waals surface area contributed by atoms with Crippen LogP contribution in [0.4, 0.5) is 5.82 Å². The van der Waals surface area contributed by atoms with Crippen molar-refractivity contribution < 1.29 is 4.52 Å². The molecule has 0 bridgehead atoms. The van der Waals surface area contributed by atoms with E-state index in [1.807, 2.05) is 48.7 Å². The second-order valence-electron chi connectivity index (χ2n) is 6.10. The van der Waals surface area contributed by atoms with Crippen LogP contribution in [0, 0.1) is 0 Å². The van der Waals surface area contributed by atoms with Gasteiger partial charge < -0.3 is 9.42 Å². The highest BCUT2D eigenvalue weighted by atomic mass is 16.5. The van der Waals surface area contributed by atoms with Crippen LogP contribution in [0.15, 0.2) is 53.2 Å². The van der Waals surface area contributed by atoms with Gasteiger partial charge in [0.15, 0.2) is 0 Å². The highest BCUT2D eigenvalue weighted by molar-refractivity contribution is 5.60. The van der Waals surface area contributed by atoms with E-state index in [-0.39, 0.29) is 0 Å². The van der Waals surface area contributed by atoms with Crippen LogP contribution in [0.3, 0.4) is 0 Å². The summed E-state index contributed by atoms with van der Waals surface area (Å²) in [4.78, 5) is 11.4. The minimum atomic E-state index is 0.503. The lowest BCUT2D eigenvalue weighted by molar-refractivity contribution is 0.432. The van der Waals surface area contributed by atoms with E-state index in [0.717, 1.165) is 30.0 Å². The SMILES string of the molecule is c1ccc(-c2noc(-c3ccc(N4CCCCCC4)nc3)n2)cc1. The van der Waals surface area contributed by atoms with Gasteiger partial charge >= 0.3 is 0 Å². The molecule has 0 saturated carbocycles. The normalized spacial score (nSPS) is 15.2. The molecule has 0 aliphatic carbocycles. The number of pyridine rings is 1. The van der Waals surface area contributed by atoms with Crippen molar-refractivity contribution in [2.75, 3.05) is 18.0 Å². The molecule has 0 atom stereocenters. The Bertz CT molecular complexity index is 775. The molecule has 5 nitrogen and oxygen atoms in total. The maximum Gasteiger partial charge on any atom is 0.259 e. The van der Waals surface area contributed by atoms with Crippen LogP contribution in [0.1, 0.15) is 25.7 Å². The average molecular weight is 320 g/mol. The fourth-order valence-corrected chi connectivity index (χ4v) is 3.04. The van der Waals surface area contributed by atoms with E-state index in [2.05, 4.69) is 20.0 Å². The molecule has 0 unspecified atom stereocenters. The number of rotatable bonds is 3. The lowest BCUT2D eigenvalue weighted by Crippen LogP contribution is -2.24. The van der Waals surface area contributed by atoms with Gasteiger partial charge in [0.25, 0.3) is 5.89 Å². The van der Waals surface area contributed by atoms with Crippen LogP contribution in [-0.2, 0) is 0 Å². The van der Waals surface area contributed by atoms with Gasteiger partial charge in [-0.15, -0.1) is 0 Å². The maximum absolute atomic E-state index is 5.40. The van der Waals surface area contributed by atoms with Gasteiger partial charge in [-0.25, -0.2) is 4.98 Å². The predicted octanol–water partition coefficient (Wildman–Crippen LogP) is 4.18. The Morgan fingerprint density at radius 1 is 0.833 bits per heavy atom. The summed E-state index contributed by atoms with van der Waals surface area (Å²) in [5.41, 5.74) is 1.80. The number of hydrogen-bond acceptors (Lipinski definition) is 5. The summed E-state index contributed by atoms with van der Waals surface area (Å²) in [6, 6.07) is 13.9. The van der Waals surface area contributed by atoms with Crippen molar-refractivity contribution in [2.24, 2.45) is 0 Å². The second-order valence-corrected chi connectivity index (χ2v) is 6.10. The molecule has 122 valence electrons. The Labute approximate surface area is 141 Å². The zero-order valence-electron chi connectivity index (χ0n) is 13.6. The number of anilines is 1. The van der Waals surface area contributed by atoms with Gasteiger partial charge in [0.05, 0.1) is 5.56 Å². The minimum Gasteiger partial charge on any atom is -0.357 e. The molecule has 3 heterocycles. The van der Waals surface area contributed by atoms with Crippen molar-refractivity contribution >= 4 is 5.82 Å². The summed E-state index contributed by atoms with van der Waals surface area (Å²) in [7, 11) is 0. The number of benzene rings is 1. The molecule has 1 aliphatic rings. The fraction of sp³-hybridized carbons (Fsp3) is 0.316. The first kappa shape index (κ1) is 14.9. The van der Waals surface area contributed by atoms with Crippen molar-refractivity contribution in [1.29, 1.82) is 0 Å². The Balaban J connectivity index is 1.54. The second kappa shape index (κ2) is 6.83. The third-order valence-electron chi connectivity index (χ3n) is 4.38. The molecule has 0 amide bonds. The molecule has 1 saturated heterocycles. The van der Waals surface area contributed by atoms with E-state index in [1.54, 1.807) is 0 Å². The van der Waals surface area contributed by atoms with Crippen molar-refractivity contribution in [1.82, 2.24) is 15.1 Å². The third kappa shape index (κ3) is 3.15. The van der Waals surface area contributed by atoms with Gasteiger partial charge in [-0.3, -0.25) is 0 Å². The molecular weight excluding hydrogens is 300 g/mol. The molecule has 4 rings (SSSR count). The zero-order valence-corrected chi connectivity index (χ0v) is 13.6. The molecule has 2 aromatic heterocycles. The lowest BCUT2D eigenvalue weighted by atomic mass is 10.2. The molecule has 1 aliphatic heterocycles. The number of aromatic nitrogens is 3. The maximum atomic E-state index is 5.40. The smallest absolute Gasteiger partial charge is 0.259 e. The first-order valence-corrected chi connectivity index (χ1v) is 8.51. The average Bonchev–Trinajstić information content (AvgIpc) is 2.98. The third-order valence-corrected chi connectivity index (χ3v) is 4.38. The Morgan fingerprint density at radius 2 is 1.62 bits per heavy atom. The zero-order chi connectivity index (χ0) is 16.2. The predicted molar refractivity (Wildman–Crippen MR) is 93.6 cm³/mol. The first-order valence-electron chi connectivity index (χ1n) is 8.51. The van der Waals surface area contributed by atoms with Crippen molar-refractivity contribution in [3.8, 4) is 22.8 Å². The van der Waals surface area contributed by atoms with Gasteiger partial charge in [0, 0.05) is 24.8 Å². The van der Waals surface area contributed by atoms with Crippen LogP contribution in [0.2, 0.25) is 0 Å². The Morgan fingerprint density at radius 3 is 2.33 bits per heavy atom. The van der Waals surface area contributed by atoms with E-state index in [9.17, 15) is 0 Å². The van der Waals surface area contributed by atoms with E-state index in [4.69, 9.17) is 4.52 Å². The Kier molecular flexibility index (Phi) is 4.23. The van der Waals surface area contributed by atoms with E-state index in [0.29, 0.717) is 11.7 Å². The molecule has 1 fully saturated rings. The highest BCUT2D eigenvalue weighted by Gasteiger charge is 2.13.